The lowest BCUT2D eigenvalue weighted by molar-refractivity contribution is -0.121. The Kier molecular flexibility index (Phi) is 5.54. The standard InChI is InChI=1S/C12H16BNO6/c1-2-10(15)14-9(13(19)20)6-7-4-3-5-8(11(7)16)12(17)18/h3-5,9,16,19-20H,2,6H2,1H3,(H,14,15)(H,17,18)/t9-/m0/s1. The van der Waals surface area contributed by atoms with Crippen LogP contribution in [0.1, 0.15) is 29.3 Å². The number of carboxylic acids is 1. The highest BCUT2D eigenvalue weighted by Crippen LogP contribution is 2.23. The zero-order valence-electron chi connectivity index (χ0n) is 10.9. The number of aromatic carboxylic acids is 1. The number of hydrogen-bond acceptors (Lipinski definition) is 5. The summed E-state index contributed by atoms with van der Waals surface area (Å²) < 4.78 is 0. The molecule has 0 aliphatic rings. The number of nitrogens with one attached hydrogen (secondary N) is 1. The molecule has 0 aliphatic carbocycles. The van der Waals surface area contributed by atoms with E-state index >= 15 is 0 Å². The average Bonchev–Trinajstić information content (AvgIpc) is 2.39. The second-order valence-electron chi connectivity index (χ2n) is 4.26. The molecule has 1 aromatic rings. The molecule has 108 valence electrons. The van der Waals surface area contributed by atoms with Crippen LogP contribution in [0.4, 0.5) is 0 Å². The second-order valence-corrected chi connectivity index (χ2v) is 4.26. The monoisotopic (exact) mass is 281 g/mol. The van der Waals surface area contributed by atoms with Gasteiger partial charge in [0.25, 0.3) is 0 Å². The van der Waals surface area contributed by atoms with Crippen molar-refractivity contribution in [2.45, 2.75) is 25.7 Å². The number of phenols is 1. The van der Waals surface area contributed by atoms with Crippen molar-refractivity contribution in [2.24, 2.45) is 0 Å². The minimum Gasteiger partial charge on any atom is -0.507 e. The first-order chi connectivity index (χ1) is 9.36. The normalized spacial score (nSPS) is 11.8. The van der Waals surface area contributed by atoms with Crippen molar-refractivity contribution in [1.29, 1.82) is 0 Å². The molecule has 0 unspecified atom stereocenters. The van der Waals surface area contributed by atoms with Crippen LogP contribution in [-0.4, -0.2) is 45.2 Å². The molecule has 1 rings (SSSR count). The third kappa shape index (κ3) is 3.97. The van der Waals surface area contributed by atoms with Crippen LogP contribution < -0.4 is 5.32 Å². The van der Waals surface area contributed by atoms with Gasteiger partial charge in [-0.3, -0.25) is 4.79 Å². The quantitative estimate of drug-likeness (QED) is 0.449. The molecule has 7 nitrogen and oxygen atoms in total. The van der Waals surface area contributed by atoms with Gasteiger partial charge in [-0.25, -0.2) is 4.79 Å². The SMILES string of the molecule is CCC(=O)N[C@@H](Cc1cccc(C(=O)O)c1O)B(O)O. The maximum Gasteiger partial charge on any atom is 0.475 e. The predicted molar refractivity (Wildman–Crippen MR) is 71.2 cm³/mol. The third-order valence-electron chi connectivity index (χ3n) is 2.82. The fraction of sp³-hybridized carbons (Fsp3) is 0.333. The molecule has 20 heavy (non-hydrogen) atoms. The summed E-state index contributed by atoms with van der Waals surface area (Å²) in [7, 11) is -1.82. The zero-order chi connectivity index (χ0) is 15.3. The first-order valence-corrected chi connectivity index (χ1v) is 6.06. The molecule has 0 radical (unpaired) electrons. The predicted octanol–water partition coefficient (Wildman–Crippen LogP) is -0.460. The summed E-state index contributed by atoms with van der Waals surface area (Å²) in [4.78, 5) is 22.2. The molecule has 0 bridgehead atoms. The number of carbonyl (C=O) groups is 2. The van der Waals surface area contributed by atoms with E-state index < -0.39 is 24.8 Å². The van der Waals surface area contributed by atoms with Crippen LogP contribution in [0.2, 0.25) is 0 Å². The van der Waals surface area contributed by atoms with E-state index in [1.165, 1.54) is 18.2 Å². The molecule has 0 spiro atoms. The van der Waals surface area contributed by atoms with Crippen LogP contribution in [0.15, 0.2) is 18.2 Å². The van der Waals surface area contributed by atoms with Crippen molar-refractivity contribution in [3.05, 3.63) is 29.3 Å². The van der Waals surface area contributed by atoms with E-state index in [4.69, 9.17) is 5.11 Å². The number of para-hydroxylation sites is 1. The Hall–Kier alpha value is -2.06. The van der Waals surface area contributed by atoms with Gasteiger partial charge in [0, 0.05) is 6.42 Å². The molecule has 1 amide bonds. The molecule has 0 aromatic heterocycles. The van der Waals surface area contributed by atoms with Crippen molar-refractivity contribution in [1.82, 2.24) is 5.32 Å². The lowest BCUT2D eigenvalue weighted by Crippen LogP contribution is -2.47. The fourth-order valence-corrected chi connectivity index (χ4v) is 1.71. The highest BCUT2D eigenvalue weighted by molar-refractivity contribution is 6.43. The van der Waals surface area contributed by atoms with Gasteiger partial charge < -0.3 is 25.6 Å². The van der Waals surface area contributed by atoms with Gasteiger partial charge in [0.05, 0.1) is 5.94 Å². The molecule has 0 fully saturated rings. The van der Waals surface area contributed by atoms with Crippen molar-refractivity contribution in [2.75, 3.05) is 0 Å². The Morgan fingerprint density at radius 3 is 2.50 bits per heavy atom. The van der Waals surface area contributed by atoms with E-state index in [0.717, 1.165) is 0 Å². The highest BCUT2D eigenvalue weighted by atomic mass is 16.4. The number of hydrogen-bond donors (Lipinski definition) is 5. The Balaban J connectivity index is 2.97. The van der Waals surface area contributed by atoms with Crippen LogP contribution in [0.5, 0.6) is 5.75 Å². The summed E-state index contributed by atoms with van der Waals surface area (Å²) in [6, 6.07) is 4.12. The Morgan fingerprint density at radius 2 is 2.00 bits per heavy atom. The first-order valence-electron chi connectivity index (χ1n) is 6.06. The zero-order valence-corrected chi connectivity index (χ0v) is 10.9. The van der Waals surface area contributed by atoms with Crippen molar-refractivity contribution in [3.63, 3.8) is 0 Å². The van der Waals surface area contributed by atoms with Crippen LogP contribution in [-0.2, 0) is 11.2 Å². The molecule has 0 saturated heterocycles. The maximum atomic E-state index is 11.3. The summed E-state index contributed by atoms with van der Waals surface area (Å²) in [6.45, 7) is 1.61. The number of rotatable bonds is 6. The molecule has 1 atom stereocenters. The number of carbonyl (C=O) groups excluding carboxylic acids is 1. The molecule has 1 aromatic carbocycles. The van der Waals surface area contributed by atoms with Gasteiger partial charge in [-0.15, -0.1) is 0 Å². The Morgan fingerprint density at radius 1 is 1.35 bits per heavy atom. The molecular weight excluding hydrogens is 265 g/mol. The average molecular weight is 281 g/mol. The molecular formula is C12H16BNO6. The lowest BCUT2D eigenvalue weighted by atomic mass is 9.75. The van der Waals surface area contributed by atoms with Crippen molar-refractivity contribution >= 4 is 19.0 Å². The number of carboxylic acid groups (broad SMARTS) is 1. The van der Waals surface area contributed by atoms with Gasteiger partial charge in [-0.2, -0.15) is 0 Å². The van der Waals surface area contributed by atoms with Gasteiger partial charge >= 0.3 is 13.1 Å². The highest BCUT2D eigenvalue weighted by Gasteiger charge is 2.27. The summed E-state index contributed by atoms with van der Waals surface area (Å²) in [6.07, 6.45) is 0.0702. The van der Waals surface area contributed by atoms with Gasteiger partial charge in [-0.05, 0) is 18.1 Å². The largest absolute Gasteiger partial charge is 0.507 e. The smallest absolute Gasteiger partial charge is 0.475 e. The molecule has 0 saturated carbocycles. The molecule has 0 heterocycles. The van der Waals surface area contributed by atoms with Crippen molar-refractivity contribution < 1.29 is 29.9 Å². The summed E-state index contributed by atoms with van der Waals surface area (Å²) >= 11 is 0. The van der Waals surface area contributed by atoms with E-state index in [1.54, 1.807) is 6.92 Å². The minimum absolute atomic E-state index is 0.101. The van der Waals surface area contributed by atoms with Gasteiger partial charge in [0.2, 0.25) is 5.91 Å². The maximum absolute atomic E-state index is 11.3. The number of aromatic hydroxyl groups is 1. The van der Waals surface area contributed by atoms with Crippen LogP contribution in [0.25, 0.3) is 0 Å². The van der Waals surface area contributed by atoms with Gasteiger partial charge in [-0.1, -0.05) is 19.1 Å². The van der Waals surface area contributed by atoms with E-state index in [9.17, 15) is 24.7 Å². The summed E-state index contributed by atoms with van der Waals surface area (Å²) in [5, 5.41) is 39.6. The fourth-order valence-electron chi connectivity index (χ4n) is 1.71. The molecule has 0 aliphatic heterocycles. The van der Waals surface area contributed by atoms with E-state index in [2.05, 4.69) is 5.32 Å². The number of amides is 1. The third-order valence-corrected chi connectivity index (χ3v) is 2.82. The Labute approximate surface area is 116 Å². The second kappa shape index (κ2) is 6.92. The van der Waals surface area contributed by atoms with Crippen LogP contribution in [0, 0.1) is 0 Å². The lowest BCUT2D eigenvalue weighted by Gasteiger charge is -2.18. The minimum atomic E-state index is -1.82. The van der Waals surface area contributed by atoms with Crippen molar-refractivity contribution in [3.8, 4) is 5.75 Å². The Bertz CT molecular complexity index is 505. The first kappa shape index (κ1) is 16.0. The van der Waals surface area contributed by atoms with E-state index in [-0.39, 0.29) is 29.9 Å². The van der Waals surface area contributed by atoms with E-state index in [0.29, 0.717) is 0 Å². The molecule has 8 heteroatoms. The topological polar surface area (TPSA) is 127 Å². The summed E-state index contributed by atoms with van der Waals surface area (Å²) in [5.41, 5.74) is -0.0742. The van der Waals surface area contributed by atoms with Gasteiger partial charge in [0.15, 0.2) is 0 Å². The summed E-state index contributed by atoms with van der Waals surface area (Å²) in [5.74, 6) is -3.14. The van der Waals surface area contributed by atoms with Gasteiger partial charge in [0.1, 0.15) is 11.3 Å². The van der Waals surface area contributed by atoms with Crippen LogP contribution in [0.3, 0.4) is 0 Å². The van der Waals surface area contributed by atoms with E-state index in [1.807, 2.05) is 0 Å². The molecule has 5 N–H and O–H groups in total. The number of benzene rings is 1. The van der Waals surface area contributed by atoms with Crippen LogP contribution >= 0.6 is 0 Å².